The van der Waals surface area contributed by atoms with Gasteiger partial charge in [0, 0.05) is 18.0 Å². The lowest BCUT2D eigenvalue weighted by atomic mass is 10.0. The molecule has 0 saturated heterocycles. The van der Waals surface area contributed by atoms with Crippen LogP contribution in [0.2, 0.25) is 0 Å². The highest BCUT2D eigenvalue weighted by molar-refractivity contribution is 5.85. The Kier molecular flexibility index (Phi) is 4.79. The van der Waals surface area contributed by atoms with Gasteiger partial charge in [0.15, 0.2) is 0 Å². The Bertz CT molecular complexity index is 1080. The summed E-state index contributed by atoms with van der Waals surface area (Å²) in [6.45, 7) is 0.388. The molecule has 1 aromatic carbocycles. The van der Waals surface area contributed by atoms with Crippen molar-refractivity contribution < 1.29 is 14.6 Å². The number of nitrogens with one attached hydrogen (secondary N) is 1. The average Bonchev–Trinajstić information content (AvgIpc) is 3.28. The van der Waals surface area contributed by atoms with Crippen molar-refractivity contribution in [1.82, 2.24) is 20.2 Å². The number of hydrogen-bond donors (Lipinski definition) is 2. The first-order valence-electron chi connectivity index (χ1n) is 8.56. The summed E-state index contributed by atoms with van der Waals surface area (Å²) in [7, 11) is 0. The molecule has 7 heteroatoms. The van der Waals surface area contributed by atoms with E-state index in [-0.39, 0.29) is 5.69 Å². The summed E-state index contributed by atoms with van der Waals surface area (Å²) < 4.78 is 5.82. The fraction of sp³-hybridized carbons (Fsp3) is 0.0476. The number of aromatic nitrogens is 4. The van der Waals surface area contributed by atoms with Crippen molar-refractivity contribution in [2.75, 3.05) is 0 Å². The Labute approximate surface area is 160 Å². The van der Waals surface area contributed by atoms with Crippen LogP contribution in [-0.4, -0.2) is 31.2 Å². The van der Waals surface area contributed by atoms with Gasteiger partial charge in [-0.3, -0.25) is 10.1 Å². The normalized spacial score (nSPS) is 10.6. The van der Waals surface area contributed by atoms with E-state index in [2.05, 4.69) is 20.2 Å². The zero-order chi connectivity index (χ0) is 19.3. The van der Waals surface area contributed by atoms with Gasteiger partial charge in [-0.2, -0.15) is 5.10 Å². The average molecular weight is 372 g/mol. The smallest absolute Gasteiger partial charge is 0.354 e. The van der Waals surface area contributed by atoms with Crippen LogP contribution in [0.1, 0.15) is 16.1 Å². The molecule has 0 spiro atoms. The maximum Gasteiger partial charge on any atom is 0.354 e. The van der Waals surface area contributed by atoms with E-state index in [1.165, 1.54) is 6.07 Å². The maximum absolute atomic E-state index is 10.9. The number of rotatable bonds is 6. The van der Waals surface area contributed by atoms with Crippen LogP contribution < -0.4 is 4.74 Å². The molecule has 0 aliphatic rings. The Morgan fingerprint density at radius 3 is 2.61 bits per heavy atom. The van der Waals surface area contributed by atoms with Gasteiger partial charge in [0.25, 0.3) is 0 Å². The van der Waals surface area contributed by atoms with Crippen LogP contribution in [0.25, 0.3) is 22.5 Å². The van der Waals surface area contributed by atoms with Crippen molar-refractivity contribution in [3.05, 3.63) is 84.4 Å². The first kappa shape index (κ1) is 17.4. The molecule has 28 heavy (non-hydrogen) atoms. The van der Waals surface area contributed by atoms with E-state index in [1.807, 2.05) is 42.5 Å². The molecule has 0 unspecified atom stereocenters. The van der Waals surface area contributed by atoms with Gasteiger partial charge < -0.3 is 9.84 Å². The predicted molar refractivity (Wildman–Crippen MR) is 103 cm³/mol. The second kappa shape index (κ2) is 7.71. The molecule has 4 aromatic rings. The highest BCUT2D eigenvalue weighted by Gasteiger charge is 2.06. The third-order valence-corrected chi connectivity index (χ3v) is 4.16. The molecule has 7 nitrogen and oxygen atoms in total. The second-order valence-electron chi connectivity index (χ2n) is 6.08. The van der Waals surface area contributed by atoms with Crippen molar-refractivity contribution in [1.29, 1.82) is 0 Å². The van der Waals surface area contributed by atoms with Gasteiger partial charge in [-0.15, -0.1) is 0 Å². The Hall–Kier alpha value is -4.00. The SMILES string of the molecule is O=C(O)c1ccc(-c2cccc(COc3ccc(-c4ccn[nH]4)nc3)c2)cn1. The number of H-pyrrole nitrogens is 1. The minimum Gasteiger partial charge on any atom is -0.487 e. The fourth-order valence-electron chi connectivity index (χ4n) is 2.72. The molecule has 4 rings (SSSR count). The standard InChI is InChI=1S/C21H16N4O3/c26-21(27)20-6-4-16(11-22-20)15-3-1-2-14(10-15)13-28-17-5-7-18(23-12-17)19-8-9-24-25-19/h1-12H,13H2,(H,24,25)(H,26,27). The number of hydrogen-bond acceptors (Lipinski definition) is 5. The lowest BCUT2D eigenvalue weighted by molar-refractivity contribution is 0.0690. The van der Waals surface area contributed by atoms with Crippen LogP contribution in [-0.2, 0) is 6.61 Å². The largest absolute Gasteiger partial charge is 0.487 e. The topological polar surface area (TPSA) is 101 Å². The van der Waals surface area contributed by atoms with Gasteiger partial charge in [-0.1, -0.05) is 24.3 Å². The fourth-order valence-corrected chi connectivity index (χ4v) is 2.72. The van der Waals surface area contributed by atoms with Crippen LogP contribution in [0.3, 0.4) is 0 Å². The molecular weight excluding hydrogens is 356 g/mol. The van der Waals surface area contributed by atoms with Crippen LogP contribution in [0.5, 0.6) is 5.75 Å². The third kappa shape index (κ3) is 3.88. The summed E-state index contributed by atoms with van der Waals surface area (Å²) in [6.07, 6.45) is 4.91. The molecule has 138 valence electrons. The number of pyridine rings is 2. The van der Waals surface area contributed by atoms with E-state index >= 15 is 0 Å². The molecular formula is C21H16N4O3. The van der Waals surface area contributed by atoms with E-state index in [0.29, 0.717) is 12.4 Å². The number of benzene rings is 1. The summed E-state index contributed by atoms with van der Waals surface area (Å²) in [6, 6.07) is 16.7. The van der Waals surface area contributed by atoms with Gasteiger partial charge in [0.05, 0.1) is 17.6 Å². The summed E-state index contributed by atoms with van der Waals surface area (Å²) in [5.74, 6) is -0.373. The molecule has 0 atom stereocenters. The number of carboxylic acids is 1. The predicted octanol–water partition coefficient (Wildman–Crippen LogP) is 3.81. The number of ether oxygens (including phenoxy) is 1. The van der Waals surface area contributed by atoms with Crippen molar-refractivity contribution >= 4 is 5.97 Å². The Balaban J connectivity index is 1.44. The molecule has 3 aromatic heterocycles. The van der Waals surface area contributed by atoms with Gasteiger partial charge >= 0.3 is 5.97 Å². The number of aromatic carboxylic acids is 1. The number of carbonyl (C=O) groups is 1. The molecule has 0 saturated carbocycles. The third-order valence-electron chi connectivity index (χ3n) is 4.16. The van der Waals surface area contributed by atoms with Gasteiger partial charge in [-0.25, -0.2) is 9.78 Å². The maximum atomic E-state index is 10.9. The van der Waals surface area contributed by atoms with Gasteiger partial charge in [-0.05, 0) is 41.5 Å². The molecule has 2 N–H and O–H groups in total. The zero-order valence-corrected chi connectivity index (χ0v) is 14.7. The molecule has 0 fully saturated rings. The first-order valence-corrected chi connectivity index (χ1v) is 8.56. The van der Waals surface area contributed by atoms with Crippen LogP contribution >= 0.6 is 0 Å². The van der Waals surface area contributed by atoms with E-state index in [1.54, 1.807) is 24.7 Å². The van der Waals surface area contributed by atoms with E-state index in [4.69, 9.17) is 9.84 Å². The molecule has 0 aliphatic heterocycles. The number of nitrogens with zero attached hydrogens (tertiary/aromatic N) is 3. The van der Waals surface area contributed by atoms with Gasteiger partial charge in [0.2, 0.25) is 0 Å². The number of aromatic amines is 1. The van der Waals surface area contributed by atoms with E-state index < -0.39 is 5.97 Å². The lowest BCUT2D eigenvalue weighted by Crippen LogP contribution is -1.99. The molecule has 0 radical (unpaired) electrons. The summed E-state index contributed by atoms with van der Waals surface area (Å²) in [5.41, 5.74) is 4.44. The van der Waals surface area contributed by atoms with Crippen LogP contribution in [0.4, 0.5) is 0 Å². The van der Waals surface area contributed by atoms with Crippen LogP contribution in [0.15, 0.2) is 73.2 Å². The van der Waals surface area contributed by atoms with E-state index in [0.717, 1.165) is 28.1 Å². The molecule has 0 amide bonds. The highest BCUT2D eigenvalue weighted by Crippen LogP contribution is 2.22. The first-order chi connectivity index (χ1) is 13.7. The lowest BCUT2D eigenvalue weighted by Gasteiger charge is -2.08. The molecule has 3 heterocycles. The monoisotopic (exact) mass is 372 g/mol. The van der Waals surface area contributed by atoms with E-state index in [9.17, 15) is 4.79 Å². The van der Waals surface area contributed by atoms with Gasteiger partial charge in [0.1, 0.15) is 18.1 Å². The Morgan fingerprint density at radius 1 is 1.00 bits per heavy atom. The minimum atomic E-state index is -1.04. The zero-order valence-electron chi connectivity index (χ0n) is 14.7. The van der Waals surface area contributed by atoms with Crippen molar-refractivity contribution in [3.8, 4) is 28.3 Å². The minimum absolute atomic E-state index is 0.0225. The van der Waals surface area contributed by atoms with Crippen molar-refractivity contribution in [2.24, 2.45) is 0 Å². The second-order valence-corrected chi connectivity index (χ2v) is 6.08. The highest BCUT2D eigenvalue weighted by atomic mass is 16.5. The Morgan fingerprint density at radius 2 is 1.93 bits per heavy atom. The molecule has 0 bridgehead atoms. The van der Waals surface area contributed by atoms with Crippen molar-refractivity contribution in [2.45, 2.75) is 6.61 Å². The number of carboxylic acid groups (broad SMARTS) is 1. The molecule has 0 aliphatic carbocycles. The van der Waals surface area contributed by atoms with Crippen LogP contribution in [0, 0.1) is 0 Å². The van der Waals surface area contributed by atoms with Crippen molar-refractivity contribution in [3.63, 3.8) is 0 Å². The summed E-state index contributed by atoms with van der Waals surface area (Å²) in [4.78, 5) is 19.3. The quantitative estimate of drug-likeness (QED) is 0.534. The summed E-state index contributed by atoms with van der Waals surface area (Å²) in [5, 5.41) is 15.7. The summed E-state index contributed by atoms with van der Waals surface area (Å²) >= 11 is 0.